The summed E-state index contributed by atoms with van der Waals surface area (Å²) in [5.41, 5.74) is 1.64. The van der Waals surface area contributed by atoms with Crippen LogP contribution >= 0.6 is 0 Å². The summed E-state index contributed by atoms with van der Waals surface area (Å²) in [5, 5.41) is 9.72. The number of hydrogen-bond acceptors (Lipinski definition) is 3. The lowest BCUT2D eigenvalue weighted by atomic mass is 10.0. The van der Waals surface area contributed by atoms with E-state index in [0.29, 0.717) is 16.8 Å². The maximum Gasteiger partial charge on any atom is 0.241 e. The maximum absolute atomic E-state index is 13.6. The summed E-state index contributed by atoms with van der Waals surface area (Å²) < 4.78 is 13.6. The van der Waals surface area contributed by atoms with E-state index in [4.69, 9.17) is 0 Å². The topological polar surface area (TPSA) is 43.8 Å². The lowest BCUT2D eigenvalue weighted by molar-refractivity contribution is -0.127. The van der Waals surface area contributed by atoms with E-state index in [0.717, 1.165) is 0 Å². The summed E-state index contributed by atoms with van der Waals surface area (Å²) in [6.45, 7) is 3.42. The van der Waals surface area contributed by atoms with Crippen molar-refractivity contribution in [2.24, 2.45) is 0 Å². The number of aliphatic hydroxyl groups excluding tert-OH is 1. The van der Waals surface area contributed by atoms with Crippen molar-refractivity contribution < 1.29 is 14.3 Å². The normalized spacial score (nSPS) is 12.2. The Morgan fingerprint density at radius 2 is 1.95 bits per heavy atom. The van der Waals surface area contributed by atoms with E-state index in [1.807, 2.05) is 0 Å². The van der Waals surface area contributed by atoms with E-state index in [2.05, 4.69) is 0 Å². The van der Waals surface area contributed by atoms with Gasteiger partial charge in [0.15, 0.2) is 0 Å². The molecule has 106 valence electrons. The van der Waals surface area contributed by atoms with Gasteiger partial charge in [-0.15, -0.1) is 0 Å². The highest BCUT2D eigenvalue weighted by Gasteiger charge is 2.17. The van der Waals surface area contributed by atoms with Crippen LogP contribution in [0.4, 0.5) is 10.1 Å². The average Bonchev–Trinajstić information content (AvgIpc) is 2.31. The molecule has 1 atom stereocenters. The zero-order valence-electron chi connectivity index (χ0n) is 12.1. The highest BCUT2D eigenvalue weighted by molar-refractivity contribution is 5.81. The van der Waals surface area contributed by atoms with Crippen molar-refractivity contribution in [2.45, 2.75) is 20.0 Å². The molecule has 0 aliphatic heterocycles. The largest absolute Gasteiger partial charge is 0.389 e. The number of halogens is 1. The van der Waals surface area contributed by atoms with Crippen LogP contribution in [0.3, 0.4) is 0 Å². The third-order valence-corrected chi connectivity index (χ3v) is 3.04. The molecule has 0 aromatic heterocycles. The number of hydrogen-bond donors (Lipinski definition) is 1. The lowest BCUT2D eigenvalue weighted by Gasteiger charge is -2.25. The van der Waals surface area contributed by atoms with Crippen molar-refractivity contribution in [1.82, 2.24) is 4.90 Å². The van der Waals surface area contributed by atoms with Gasteiger partial charge in [-0.1, -0.05) is 0 Å². The minimum atomic E-state index is -0.790. The van der Waals surface area contributed by atoms with Gasteiger partial charge in [0.25, 0.3) is 0 Å². The highest BCUT2D eigenvalue weighted by Crippen LogP contribution is 2.28. The molecule has 1 aromatic rings. The first-order valence-electron chi connectivity index (χ1n) is 6.13. The Hall–Kier alpha value is -1.62. The van der Waals surface area contributed by atoms with Gasteiger partial charge >= 0.3 is 0 Å². The second-order valence-corrected chi connectivity index (χ2v) is 4.98. The van der Waals surface area contributed by atoms with E-state index in [1.165, 1.54) is 11.0 Å². The van der Waals surface area contributed by atoms with Crippen LogP contribution in [0.5, 0.6) is 0 Å². The van der Waals surface area contributed by atoms with Crippen molar-refractivity contribution in [1.29, 1.82) is 0 Å². The monoisotopic (exact) mass is 268 g/mol. The van der Waals surface area contributed by atoms with Crippen molar-refractivity contribution in [3.8, 4) is 0 Å². The van der Waals surface area contributed by atoms with Crippen LogP contribution in [-0.2, 0) is 4.79 Å². The van der Waals surface area contributed by atoms with Gasteiger partial charge in [-0.05, 0) is 31.5 Å². The summed E-state index contributed by atoms with van der Waals surface area (Å²) in [4.78, 5) is 14.9. The van der Waals surface area contributed by atoms with Crippen LogP contribution < -0.4 is 4.90 Å². The SMILES string of the molecule is Cc1cc(N(C)CC(=O)N(C)C)c([C@@H](C)O)cc1F. The van der Waals surface area contributed by atoms with Gasteiger partial charge in [0.2, 0.25) is 5.91 Å². The summed E-state index contributed by atoms with van der Waals surface area (Å²) in [7, 11) is 5.11. The molecule has 1 rings (SSSR count). The summed E-state index contributed by atoms with van der Waals surface area (Å²) in [5.74, 6) is -0.409. The van der Waals surface area contributed by atoms with Crippen LogP contribution in [0.1, 0.15) is 24.2 Å². The zero-order chi connectivity index (χ0) is 14.7. The molecule has 5 heteroatoms. The Kier molecular flexibility index (Phi) is 4.89. The van der Waals surface area contributed by atoms with Crippen molar-refractivity contribution in [3.63, 3.8) is 0 Å². The molecule has 0 aliphatic carbocycles. The van der Waals surface area contributed by atoms with Gasteiger partial charge in [-0.3, -0.25) is 4.79 Å². The molecule has 0 heterocycles. The van der Waals surface area contributed by atoms with Crippen LogP contribution in [0.25, 0.3) is 0 Å². The van der Waals surface area contributed by atoms with Crippen LogP contribution in [0.15, 0.2) is 12.1 Å². The number of amides is 1. The number of carbonyl (C=O) groups is 1. The van der Waals surface area contributed by atoms with Crippen LogP contribution in [-0.4, -0.2) is 43.6 Å². The Bertz CT molecular complexity index is 473. The molecule has 1 amide bonds. The number of rotatable bonds is 4. The molecule has 19 heavy (non-hydrogen) atoms. The number of likely N-dealkylation sites (N-methyl/N-ethyl adjacent to an activating group) is 2. The fourth-order valence-electron chi connectivity index (χ4n) is 1.78. The number of benzene rings is 1. The molecular formula is C14H21FN2O2. The number of aryl methyl sites for hydroxylation is 1. The van der Waals surface area contributed by atoms with Gasteiger partial charge in [0.05, 0.1) is 12.6 Å². The molecule has 4 nitrogen and oxygen atoms in total. The zero-order valence-corrected chi connectivity index (χ0v) is 12.1. The summed E-state index contributed by atoms with van der Waals surface area (Å²) in [6.07, 6.45) is -0.790. The van der Waals surface area contributed by atoms with Crippen LogP contribution in [0, 0.1) is 12.7 Å². The molecule has 0 saturated heterocycles. The lowest BCUT2D eigenvalue weighted by Crippen LogP contribution is -2.34. The van der Waals surface area contributed by atoms with Gasteiger partial charge in [-0.2, -0.15) is 0 Å². The summed E-state index contributed by atoms with van der Waals surface area (Å²) >= 11 is 0. The molecule has 0 radical (unpaired) electrons. The van der Waals surface area contributed by atoms with E-state index < -0.39 is 6.10 Å². The smallest absolute Gasteiger partial charge is 0.241 e. The molecule has 0 unspecified atom stereocenters. The standard InChI is InChI=1S/C14H21FN2O2/c1-9-6-13(11(10(2)18)7-12(9)15)17(5)8-14(19)16(3)4/h6-7,10,18H,8H2,1-5H3/t10-/m1/s1. The summed E-state index contributed by atoms with van der Waals surface area (Å²) in [6, 6.07) is 2.98. The number of anilines is 1. The molecule has 1 N–H and O–H groups in total. The molecule has 0 aliphatic rings. The third-order valence-electron chi connectivity index (χ3n) is 3.04. The van der Waals surface area contributed by atoms with Crippen molar-refractivity contribution in [2.75, 3.05) is 32.6 Å². The first-order valence-corrected chi connectivity index (χ1v) is 6.13. The van der Waals surface area contributed by atoms with Gasteiger partial charge in [0, 0.05) is 32.4 Å². The second kappa shape index (κ2) is 6.02. The number of nitrogens with zero attached hydrogens (tertiary/aromatic N) is 2. The van der Waals surface area contributed by atoms with Crippen molar-refractivity contribution in [3.05, 3.63) is 29.1 Å². The van der Waals surface area contributed by atoms with Crippen molar-refractivity contribution >= 4 is 11.6 Å². The second-order valence-electron chi connectivity index (χ2n) is 4.98. The van der Waals surface area contributed by atoms with Gasteiger partial charge in [-0.25, -0.2) is 4.39 Å². The fourth-order valence-corrected chi connectivity index (χ4v) is 1.78. The van der Waals surface area contributed by atoms with E-state index >= 15 is 0 Å². The molecule has 1 aromatic carbocycles. The molecule has 0 fully saturated rings. The molecule has 0 spiro atoms. The highest BCUT2D eigenvalue weighted by atomic mass is 19.1. The fraction of sp³-hybridized carbons (Fsp3) is 0.500. The number of carbonyl (C=O) groups excluding carboxylic acids is 1. The van der Waals surface area contributed by atoms with Crippen LogP contribution in [0.2, 0.25) is 0 Å². The predicted octanol–water partition coefficient (Wildman–Crippen LogP) is 1.71. The first kappa shape index (κ1) is 15.4. The molecule has 0 bridgehead atoms. The van der Waals surface area contributed by atoms with E-state index in [1.54, 1.807) is 46.0 Å². The maximum atomic E-state index is 13.6. The Morgan fingerprint density at radius 1 is 1.37 bits per heavy atom. The Balaban J connectivity index is 3.11. The molecule has 0 saturated carbocycles. The average molecular weight is 268 g/mol. The van der Waals surface area contributed by atoms with Gasteiger partial charge < -0.3 is 14.9 Å². The number of aliphatic hydroxyl groups is 1. The quantitative estimate of drug-likeness (QED) is 0.904. The van der Waals surface area contributed by atoms with Gasteiger partial charge in [0.1, 0.15) is 5.82 Å². The first-order chi connectivity index (χ1) is 8.73. The predicted molar refractivity (Wildman–Crippen MR) is 73.7 cm³/mol. The Morgan fingerprint density at radius 3 is 2.42 bits per heavy atom. The Labute approximate surface area is 113 Å². The third kappa shape index (κ3) is 3.67. The minimum absolute atomic E-state index is 0.0546. The van der Waals surface area contributed by atoms with E-state index in [-0.39, 0.29) is 18.3 Å². The minimum Gasteiger partial charge on any atom is -0.389 e. The molecular weight excluding hydrogens is 247 g/mol. The van der Waals surface area contributed by atoms with E-state index in [9.17, 15) is 14.3 Å².